The fraction of sp³-hybridized carbons (Fsp3) is 0.462. The quantitative estimate of drug-likeness (QED) is 0.348. The predicted octanol–water partition coefficient (Wildman–Crippen LogP) is 6.30. The van der Waals surface area contributed by atoms with Crippen LogP contribution in [-0.4, -0.2) is 50.0 Å². The van der Waals surface area contributed by atoms with Gasteiger partial charge in [0.05, 0.1) is 32.6 Å². The highest BCUT2D eigenvalue weighted by molar-refractivity contribution is 7.92. The van der Waals surface area contributed by atoms with E-state index in [-0.39, 0.29) is 22.6 Å². The van der Waals surface area contributed by atoms with E-state index in [0.717, 1.165) is 55.4 Å². The van der Waals surface area contributed by atoms with Gasteiger partial charge in [-0.15, -0.1) is 0 Å². The van der Waals surface area contributed by atoms with Crippen molar-refractivity contribution in [3.63, 3.8) is 0 Å². The highest BCUT2D eigenvalue weighted by atomic mass is 35.5. The molecule has 2 aromatic carbocycles. The van der Waals surface area contributed by atoms with Gasteiger partial charge in [0.25, 0.3) is 0 Å². The Balaban J connectivity index is 1.95. The van der Waals surface area contributed by atoms with Gasteiger partial charge in [0, 0.05) is 12.6 Å². The van der Waals surface area contributed by atoms with Gasteiger partial charge in [-0.2, -0.15) is 13.2 Å². The summed E-state index contributed by atoms with van der Waals surface area (Å²) in [6, 6.07) is 6.10. The standard InChI is InChI=1S/C26H29Cl3F3N3O4S/c1-16(25(37)33-18-6-4-3-5-7-18)34(14-17-8-10-22(28)23(29)12-17)24(36)15-35(40(2,38)39)19-9-11-21(27)20(13-19)26(30,31)32/h8-13,16,18H,3-7,14-15H2,1-2H3,(H,33,37)/t16-/m0/s1. The van der Waals surface area contributed by atoms with Crippen LogP contribution in [0.5, 0.6) is 0 Å². The first-order valence-electron chi connectivity index (χ1n) is 12.5. The second-order valence-electron chi connectivity index (χ2n) is 9.72. The molecule has 0 bridgehead atoms. The van der Waals surface area contributed by atoms with Crippen LogP contribution in [0.3, 0.4) is 0 Å². The SMILES string of the molecule is C[C@@H](C(=O)NC1CCCCC1)N(Cc1ccc(Cl)c(Cl)c1)C(=O)CN(c1ccc(Cl)c(C(F)(F)F)c1)S(C)(=O)=O. The number of nitrogens with zero attached hydrogens (tertiary/aromatic N) is 2. The number of carbonyl (C=O) groups excluding carboxylic acids is 2. The lowest BCUT2D eigenvalue weighted by Gasteiger charge is -2.33. The first-order chi connectivity index (χ1) is 18.6. The van der Waals surface area contributed by atoms with E-state index in [1.807, 2.05) is 0 Å². The van der Waals surface area contributed by atoms with Gasteiger partial charge in [-0.3, -0.25) is 13.9 Å². The largest absolute Gasteiger partial charge is 0.417 e. The minimum atomic E-state index is -4.86. The average molecular weight is 643 g/mol. The molecule has 7 nitrogen and oxygen atoms in total. The van der Waals surface area contributed by atoms with E-state index in [1.54, 1.807) is 6.07 Å². The van der Waals surface area contributed by atoms with Crippen LogP contribution in [0.25, 0.3) is 0 Å². The molecule has 220 valence electrons. The maximum atomic E-state index is 13.6. The van der Waals surface area contributed by atoms with Crippen LogP contribution in [0, 0.1) is 0 Å². The molecule has 0 unspecified atom stereocenters. The van der Waals surface area contributed by atoms with Crippen molar-refractivity contribution in [3.8, 4) is 0 Å². The summed E-state index contributed by atoms with van der Waals surface area (Å²) in [7, 11) is -4.24. The molecule has 0 aromatic heterocycles. The van der Waals surface area contributed by atoms with Crippen LogP contribution in [-0.2, 0) is 32.3 Å². The molecule has 1 saturated carbocycles. The molecule has 0 spiro atoms. The van der Waals surface area contributed by atoms with Crippen molar-refractivity contribution < 1.29 is 31.2 Å². The summed E-state index contributed by atoms with van der Waals surface area (Å²) in [6.07, 6.45) is 0.534. The van der Waals surface area contributed by atoms with Crippen molar-refractivity contribution in [1.29, 1.82) is 0 Å². The lowest BCUT2D eigenvalue weighted by molar-refractivity contribution is -0.139. The molecular weight excluding hydrogens is 614 g/mol. The maximum absolute atomic E-state index is 13.6. The molecule has 40 heavy (non-hydrogen) atoms. The number of sulfonamides is 1. The Bertz CT molecular complexity index is 1350. The number of hydrogen-bond acceptors (Lipinski definition) is 4. The van der Waals surface area contributed by atoms with Gasteiger partial charge >= 0.3 is 6.18 Å². The number of hydrogen-bond donors (Lipinski definition) is 1. The molecule has 0 heterocycles. The normalized spacial score (nSPS) is 15.4. The van der Waals surface area contributed by atoms with Crippen molar-refractivity contribution in [2.45, 2.75) is 63.8 Å². The van der Waals surface area contributed by atoms with Crippen LogP contribution in [0.4, 0.5) is 18.9 Å². The lowest BCUT2D eigenvalue weighted by atomic mass is 9.95. The monoisotopic (exact) mass is 641 g/mol. The minimum absolute atomic E-state index is 0.0481. The van der Waals surface area contributed by atoms with E-state index < -0.39 is 56.9 Å². The molecule has 1 atom stereocenters. The van der Waals surface area contributed by atoms with E-state index in [2.05, 4.69) is 5.32 Å². The Labute approximate surface area is 246 Å². The van der Waals surface area contributed by atoms with Crippen LogP contribution in [0.15, 0.2) is 36.4 Å². The van der Waals surface area contributed by atoms with Crippen molar-refractivity contribution in [2.24, 2.45) is 0 Å². The molecule has 14 heteroatoms. The summed E-state index contributed by atoms with van der Waals surface area (Å²) in [5.41, 5.74) is -1.14. The third-order valence-electron chi connectivity index (χ3n) is 6.68. The second kappa shape index (κ2) is 13.2. The molecule has 1 fully saturated rings. The Morgan fingerprint density at radius 3 is 2.20 bits per heavy atom. The summed E-state index contributed by atoms with van der Waals surface area (Å²) in [5.74, 6) is -1.25. The van der Waals surface area contributed by atoms with Gasteiger partial charge < -0.3 is 10.2 Å². The molecule has 1 aliphatic carbocycles. The minimum Gasteiger partial charge on any atom is -0.352 e. The Hall–Kier alpha value is -2.21. The molecule has 0 saturated heterocycles. The fourth-order valence-electron chi connectivity index (χ4n) is 4.49. The summed E-state index contributed by atoms with van der Waals surface area (Å²) in [6.45, 7) is 0.504. The molecule has 2 aromatic rings. The summed E-state index contributed by atoms with van der Waals surface area (Å²) < 4.78 is 66.3. The topological polar surface area (TPSA) is 86.8 Å². The number of rotatable bonds is 9. The van der Waals surface area contributed by atoms with E-state index in [4.69, 9.17) is 34.8 Å². The van der Waals surface area contributed by atoms with Gasteiger partial charge in [0.2, 0.25) is 21.8 Å². The zero-order chi connectivity index (χ0) is 29.8. The predicted molar refractivity (Wildman–Crippen MR) is 150 cm³/mol. The van der Waals surface area contributed by atoms with E-state index in [0.29, 0.717) is 15.9 Å². The molecule has 0 radical (unpaired) electrons. The smallest absolute Gasteiger partial charge is 0.352 e. The fourth-order valence-corrected chi connectivity index (χ4v) is 5.87. The number of benzene rings is 2. The Morgan fingerprint density at radius 2 is 1.62 bits per heavy atom. The van der Waals surface area contributed by atoms with E-state index >= 15 is 0 Å². The molecular formula is C26H29Cl3F3N3O4S. The van der Waals surface area contributed by atoms with Gasteiger partial charge in [0.1, 0.15) is 12.6 Å². The van der Waals surface area contributed by atoms with Gasteiger partial charge in [-0.25, -0.2) is 8.42 Å². The van der Waals surface area contributed by atoms with Crippen LogP contribution < -0.4 is 9.62 Å². The van der Waals surface area contributed by atoms with Crippen molar-refractivity contribution in [3.05, 3.63) is 62.6 Å². The summed E-state index contributed by atoms with van der Waals surface area (Å²) in [5, 5.41) is 2.82. The van der Waals surface area contributed by atoms with Crippen LogP contribution in [0.1, 0.15) is 50.2 Å². The van der Waals surface area contributed by atoms with Gasteiger partial charge in [-0.1, -0.05) is 60.1 Å². The van der Waals surface area contributed by atoms with Crippen molar-refractivity contribution in [2.75, 3.05) is 17.1 Å². The number of alkyl halides is 3. The number of nitrogens with one attached hydrogen (secondary N) is 1. The average Bonchev–Trinajstić information content (AvgIpc) is 2.87. The Kier molecular flexibility index (Phi) is 10.6. The van der Waals surface area contributed by atoms with Gasteiger partial charge in [-0.05, 0) is 55.7 Å². The highest BCUT2D eigenvalue weighted by Crippen LogP contribution is 2.37. The highest BCUT2D eigenvalue weighted by Gasteiger charge is 2.36. The summed E-state index contributed by atoms with van der Waals surface area (Å²) in [4.78, 5) is 28.0. The maximum Gasteiger partial charge on any atom is 0.417 e. The van der Waals surface area contributed by atoms with E-state index in [9.17, 15) is 31.2 Å². The molecule has 0 aliphatic heterocycles. The number of halogens is 6. The number of amides is 2. The lowest BCUT2D eigenvalue weighted by Crippen LogP contribution is -2.53. The molecule has 1 aliphatic rings. The molecule has 1 N–H and O–H groups in total. The van der Waals surface area contributed by atoms with Crippen LogP contribution >= 0.6 is 34.8 Å². The second-order valence-corrected chi connectivity index (χ2v) is 12.8. The third kappa shape index (κ3) is 8.41. The van der Waals surface area contributed by atoms with Crippen molar-refractivity contribution >= 4 is 62.3 Å². The van der Waals surface area contributed by atoms with Gasteiger partial charge in [0.15, 0.2) is 0 Å². The zero-order valence-corrected chi connectivity index (χ0v) is 24.9. The van der Waals surface area contributed by atoms with E-state index in [1.165, 1.54) is 19.1 Å². The Morgan fingerprint density at radius 1 is 1.00 bits per heavy atom. The first kappa shape index (κ1) is 32.3. The number of carbonyl (C=O) groups is 2. The molecule has 2 amide bonds. The number of anilines is 1. The first-order valence-corrected chi connectivity index (χ1v) is 15.4. The zero-order valence-electron chi connectivity index (χ0n) is 21.8. The molecule has 3 rings (SSSR count). The third-order valence-corrected chi connectivity index (χ3v) is 8.89. The van der Waals surface area contributed by atoms with Crippen molar-refractivity contribution in [1.82, 2.24) is 10.2 Å². The summed E-state index contributed by atoms with van der Waals surface area (Å²) >= 11 is 17.8. The van der Waals surface area contributed by atoms with Crippen LogP contribution in [0.2, 0.25) is 15.1 Å².